The molecular formula is C14H16BrNO3. The van der Waals surface area contributed by atoms with Crippen molar-refractivity contribution < 1.29 is 14.3 Å². The SMILES string of the molecule is CC1(C/C(N)=C/C(=O)c2ccc(Br)cc2)OCCO1. The first-order valence-electron chi connectivity index (χ1n) is 6.02. The maximum Gasteiger partial charge on any atom is 0.187 e. The summed E-state index contributed by atoms with van der Waals surface area (Å²) >= 11 is 3.33. The number of carbonyl (C=O) groups excluding carboxylic acids is 1. The number of carbonyl (C=O) groups is 1. The largest absolute Gasteiger partial charge is 0.402 e. The Kier molecular flexibility index (Phi) is 4.39. The van der Waals surface area contributed by atoms with Crippen LogP contribution in [0.3, 0.4) is 0 Å². The van der Waals surface area contributed by atoms with Gasteiger partial charge in [0.15, 0.2) is 11.6 Å². The number of ether oxygens (including phenoxy) is 2. The molecule has 5 heteroatoms. The number of hydrogen-bond donors (Lipinski definition) is 1. The first kappa shape index (κ1) is 14.2. The van der Waals surface area contributed by atoms with Crippen LogP contribution in [0.1, 0.15) is 23.7 Å². The van der Waals surface area contributed by atoms with Gasteiger partial charge in [-0.2, -0.15) is 0 Å². The molecule has 1 aromatic carbocycles. The summed E-state index contributed by atoms with van der Waals surface area (Å²) in [7, 11) is 0. The van der Waals surface area contributed by atoms with Crippen molar-refractivity contribution in [3.63, 3.8) is 0 Å². The van der Waals surface area contributed by atoms with Crippen molar-refractivity contribution in [1.29, 1.82) is 0 Å². The minimum Gasteiger partial charge on any atom is -0.402 e. The van der Waals surface area contributed by atoms with Crippen molar-refractivity contribution in [3.05, 3.63) is 46.1 Å². The molecule has 1 aliphatic rings. The highest BCUT2D eigenvalue weighted by Crippen LogP contribution is 2.24. The van der Waals surface area contributed by atoms with E-state index in [-0.39, 0.29) is 5.78 Å². The lowest BCUT2D eigenvalue weighted by Gasteiger charge is -2.22. The zero-order valence-electron chi connectivity index (χ0n) is 10.7. The molecule has 2 rings (SSSR count). The number of hydrogen-bond acceptors (Lipinski definition) is 4. The van der Waals surface area contributed by atoms with Crippen LogP contribution < -0.4 is 5.73 Å². The lowest BCUT2D eigenvalue weighted by atomic mass is 10.1. The molecule has 0 amide bonds. The van der Waals surface area contributed by atoms with E-state index in [0.29, 0.717) is 30.9 Å². The second-order valence-corrected chi connectivity index (χ2v) is 5.51. The van der Waals surface area contributed by atoms with Gasteiger partial charge in [-0.1, -0.05) is 15.9 Å². The summed E-state index contributed by atoms with van der Waals surface area (Å²) in [4.78, 5) is 12.0. The fourth-order valence-electron chi connectivity index (χ4n) is 1.95. The second-order valence-electron chi connectivity index (χ2n) is 4.60. The molecule has 102 valence electrons. The lowest BCUT2D eigenvalue weighted by Crippen LogP contribution is -2.28. The number of ketones is 1. The molecule has 0 spiro atoms. The summed E-state index contributed by atoms with van der Waals surface area (Å²) < 4.78 is 11.8. The van der Waals surface area contributed by atoms with E-state index in [1.807, 2.05) is 19.1 Å². The highest BCUT2D eigenvalue weighted by molar-refractivity contribution is 9.10. The molecule has 0 atom stereocenters. The van der Waals surface area contributed by atoms with Crippen LogP contribution in [0.4, 0.5) is 0 Å². The number of rotatable bonds is 4. The summed E-state index contributed by atoms with van der Waals surface area (Å²) in [5, 5.41) is 0. The maximum atomic E-state index is 12.0. The molecule has 2 N–H and O–H groups in total. The van der Waals surface area contributed by atoms with Gasteiger partial charge in [-0.05, 0) is 31.2 Å². The molecule has 1 fully saturated rings. The minimum absolute atomic E-state index is 0.119. The summed E-state index contributed by atoms with van der Waals surface area (Å²) in [5.74, 6) is -0.827. The number of allylic oxidation sites excluding steroid dienone is 1. The molecule has 0 aliphatic carbocycles. The van der Waals surface area contributed by atoms with Crippen molar-refractivity contribution in [2.24, 2.45) is 5.73 Å². The second kappa shape index (κ2) is 5.86. The van der Waals surface area contributed by atoms with E-state index in [1.165, 1.54) is 6.08 Å². The van der Waals surface area contributed by atoms with Crippen LogP contribution in [0.25, 0.3) is 0 Å². The van der Waals surface area contributed by atoms with Crippen molar-refractivity contribution in [1.82, 2.24) is 0 Å². The van der Waals surface area contributed by atoms with Gasteiger partial charge in [0, 0.05) is 28.2 Å². The summed E-state index contributed by atoms with van der Waals surface area (Å²) in [6, 6.07) is 7.14. The van der Waals surface area contributed by atoms with Crippen molar-refractivity contribution in [3.8, 4) is 0 Å². The van der Waals surface area contributed by atoms with Gasteiger partial charge in [0.2, 0.25) is 0 Å². The molecule has 0 radical (unpaired) electrons. The van der Waals surface area contributed by atoms with Crippen LogP contribution >= 0.6 is 15.9 Å². The fourth-order valence-corrected chi connectivity index (χ4v) is 2.21. The van der Waals surface area contributed by atoms with E-state index < -0.39 is 5.79 Å². The van der Waals surface area contributed by atoms with Crippen LogP contribution in [0.2, 0.25) is 0 Å². The Bertz CT molecular complexity index is 490. The third-order valence-electron chi connectivity index (χ3n) is 2.87. The van der Waals surface area contributed by atoms with Gasteiger partial charge in [0.05, 0.1) is 13.2 Å². The van der Waals surface area contributed by atoms with Gasteiger partial charge < -0.3 is 15.2 Å². The highest BCUT2D eigenvalue weighted by atomic mass is 79.9. The molecular weight excluding hydrogens is 310 g/mol. The summed E-state index contributed by atoms with van der Waals surface area (Å²) in [5.41, 5.74) is 6.94. The molecule has 0 unspecified atom stereocenters. The standard InChI is InChI=1S/C14H16BrNO3/c1-14(18-6-7-19-14)9-12(16)8-13(17)10-2-4-11(15)5-3-10/h2-5,8H,6-7,9,16H2,1H3/b12-8-. The van der Waals surface area contributed by atoms with Gasteiger partial charge >= 0.3 is 0 Å². The Morgan fingerprint density at radius 1 is 1.37 bits per heavy atom. The third kappa shape index (κ3) is 3.89. The number of benzene rings is 1. The molecule has 19 heavy (non-hydrogen) atoms. The zero-order chi connectivity index (χ0) is 13.9. The quantitative estimate of drug-likeness (QED) is 0.682. The highest BCUT2D eigenvalue weighted by Gasteiger charge is 2.31. The van der Waals surface area contributed by atoms with Gasteiger partial charge in [-0.25, -0.2) is 0 Å². The average molecular weight is 326 g/mol. The Balaban J connectivity index is 2.03. The van der Waals surface area contributed by atoms with Crippen LogP contribution in [-0.4, -0.2) is 24.8 Å². The molecule has 0 bridgehead atoms. The minimum atomic E-state index is -0.708. The molecule has 1 aliphatic heterocycles. The number of halogens is 1. The maximum absolute atomic E-state index is 12.0. The molecule has 1 heterocycles. The Morgan fingerprint density at radius 2 is 1.95 bits per heavy atom. The van der Waals surface area contributed by atoms with Gasteiger partial charge in [0.1, 0.15) is 0 Å². The zero-order valence-corrected chi connectivity index (χ0v) is 12.3. The first-order valence-corrected chi connectivity index (χ1v) is 6.82. The van der Waals surface area contributed by atoms with Crippen LogP contribution in [-0.2, 0) is 9.47 Å². The molecule has 0 aromatic heterocycles. The average Bonchev–Trinajstić information content (AvgIpc) is 2.76. The lowest BCUT2D eigenvalue weighted by molar-refractivity contribution is -0.140. The fraction of sp³-hybridized carbons (Fsp3) is 0.357. The van der Waals surface area contributed by atoms with E-state index in [4.69, 9.17) is 15.2 Å². The van der Waals surface area contributed by atoms with E-state index in [1.54, 1.807) is 12.1 Å². The van der Waals surface area contributed by atoms with Gasteiger partial charge in [-0.3, -0.25) is 4.79 Å². The molecule has 0 saturated carbocycles. The smallest absolute Gasteiger partial charge is 0.187 e. The van der Waals surface area contributed by atoms with Crippen molar-refractivity contribution >= 4 is 21.7 Å². The van der Waals surface area contributed by atoms with E-state index in [9.17, 15) is 4.79 Å². The summed E-state index contributed by atoms with van der Waals surface area (Å²) in [6.45, 7) is 2.94. The van der Waals surface area contributed by atoms with Gasteiger partial charge in [-0.15, -0.1) is 0 Å². The monoisotopic (exact) mass is 325 g/mol. The van der Waals surface area contributed by atoms with E-state index in [2.05, 4.69) is 15.9 Å². The van der Waals surface area contributed by atoms with Crippen LogP contribution in [0.15, 0.2) is 40.5 Å². The summed E-state index contributed by atoms with van der Waals surface area (Å²) in [6.07, 6.45) is 1.81. The van der Waals surface area contributed by atoms with E-state index >= 15 is 0 Å². The van der Waals surface area contributed by atoms with Gasteiger partial charge in [0.25, 0.3) is 0 Å². The van der Waals surface area contributed by atoms with E-state index in [0.717, 1.165) is 4.47 Å². The van der Waals surface area contributed by atoms with Crippen LogP contribution in [0, 0.1) is 0 Å². The Labute approximate surface area is 120 Å². The Morgan fingerprint density at radius 3 is 2.53 bits per heavy atom. The predicted octanol–water partition coefficient (Wildman–Crippen LogP) is 2.63. The Hall–Kier alpha value is -1.17. The van der Waals surface area contributed by atoms with Crippen molar-refractivity contribution in [2.45, 2.75) is 19.1 Å². The normalized spacial score (nSPS) is 18.5. The molecule has 1 saturated heterocycles. The first-order chi connectivity index (χ1) is 8.98. The topological polar surface area (TPSA) is 61.6 Å². The predicted molar refractivity (Wildman–Crippen MR) is 75.7 cm³/mol. The third-order valence-corrected chi connectivity index (χ3v) is 3.40. The number of nitrogens with two attached hydrogens (primary N) is 1. The van der Waals surface area contributed by atoms with Crippen LogP contribution in [0.5, 0.6) is 0 Å². The molecule has 4 nitrogen and oxygen atoms in total. The van der Waals surface area contributed by atoms with Crippen molar-refractivity contribution in [2.75, 3.05) is 13.2 Å². The molecule has 1 aromatic rings.